The predicted molar refractivity (Wildman–Crippen MR) is 83.0 cm³/mol. The summed E-state index contributed by atoms with van der Waals surface area (Å²) in [4.78, 5) is 11.9. The van der Waals surface area contributed by atoms with E-state index in [4.69, 9.17) is 4.74 Å². The highest BCUT2D eigenvalue weighted by atomic mass is 16.5. The molecule has 0 heterocycles. The fourth-order valence-electron chi connectivity index (χ4n) is 1.81. The van der Waals surface area contributed by atoms with Crippen molar-refractivity contribution in [2.24, 2.45) is 0 Å². The number of benzene rings is 1. The standard InChI is InChI=1S/C16H26N2O2/c1-5-16(2,3)18-15(19)12-17-14-9-7-6-8-13(14)10-11-20-4/h6-9,17H,5,10-12H2,1-4H3,(H,18,19). The second kappa shape index (κ2) is 7.90. The summed E-state index contributed by atoms with van der Waals surface area (Å²) in [5.41, 5.74) is 2.00. The van der Waals surface area contributed by atoms with Crippen LogP contribution in [0.5, 0.6) is 0 Å². The third kappa shape index (κ3) is 5.61. The SMILES string of the molecule is CCC(C)(C)NC(=O)CNc1ccccc1CCOC. The van der Waals surface area contributed by atoms with Crippen LogP contribution in [-0.4, -0.2) is 31.7 Å². The lowest BCUT2D eigenvalue weighted by Gasteiger charge is -2.24. The van der Waals surface area contributed by atoms with Crippen LogP contribution in [0.4, 0.5) is 5.69 Å². The summed E-state index contributed by atoms with van der Waals surface area (Å²) in [6, 6.07) is 8.00. The number of amides is 1. The fourth-order valence-corrected chi connectivity index (χ4v) is 1.81. The highest BCUT2D eigenvalue weighted by Crippen LogP contribution is 2.15. The van der Waals surface area contributed by atoms with Crippen LogP contribution < -0.4 is 10.6 Å². The third-order valence-corrected chi connectivity index (χ3v) is 3.39. The normalized spacial score (nSPS) is 11.2. The van der Waals surface area contributed by atoms with Crippen LogP contribution in [0.1, 0.15) is 32.8 Å². The van der Waals surface area contributed by atoms with E-state index in [9.17, 15) is 4.79 Å². The molecule has 112 valence electrons. The molecule has 0 bridgehead atoms. The van der Waals surface area contributed by atoms with Gasteiger partial charge in [-0.2, -0.15) is 0 Å². The van der Waals surface area contributed by atoms with Crippen molar-refractivity contribution in [2.45, 2.75) is 39.2 Å². The Hall–Kier alpha value is -1.55. The molecule has 0 aliphatic rings. The van der Waals surface area contributed by atoms with Gasteiger partial charge in [0.15, 0.2) is 0 Å². The summed E-state index contributed by atoms with van der Waals surface area (Å²) in [6.07, 6.45) is 1.74. The first-order valence-corrected chi connectivity index (χ1v) is 7.10. The van der Waals surface area contributed by atoms with Crippen LogP contribution in [0.3, 0.4) is 0 Å². The van der Waals surface area contributed by atoms with Gasteiger partial charge in [0.05, 0.1) is 13.2 Å². The molecule has 0 atom stereocenters. The highest BCUT2D eigenvalue weighted by Gasteiger charge is 2.17. The number of methoxy groups -OCH3 is 1. The lowest BCUT2D eigenvalue weighted by atomic mass is 10.0. The average molecular weight is 278 g/mol. The van der Waals surface area contributed by atoms with Crippen LogP contribution >= 0.6 is 0 Å². The van der Waals surface area contributed by atoms with E-state index in [-0.39, 0.29) is 18.0 Å². The highest BCUT2D eigenvalue weighted by molar-refractivity contribution is 5.81. The minimum atomic E-state index is -0.158. The van der Waals surface area contributed by atoms with Crippen LogP contribution in [0.15, 0.2) is 24.3 Å². The largest absolute Gasteiger partial charge is 0.384 e. The molecule has 1 rings (SSSR count). The molecule has 4 nitrogen and oxygen atoms in total. The Labute approximate surface area is 121 Å². The molecule has 1 amide bonds. The Morgan fingerprint density at radius 1 is 1.30 bits per heavy atom. The minimum Gasteiger partial charge on any atom is -0.384 e. The lowest BCUT2D eigenvalue weighted by Crippen LogP contribution is -2.45. The average Bonchev–Trinajstić information content (AvgIpc) is 2.43. The van der Waals surface area contributed by atoms with E-state index in [0.29, 0.717) is 6.61 Å². The molecular formula is C16H26N2O2. The van der Waals surface area contributed by atoms with Gasteiger partial charge in [-0.1, -0.05) is 25.1 Å². The summed E-state index contributed by atoms with van der Waals surface area (Å²) in [5.74, 6) is 0.0124. The first-order valence-electron chi connectivity index (χ1n) is 7.10. The Kier molecular flexibility index (Phi) is 6.52. The van der Waals surface area contributed by atoms with Crippen molar-refractivity contribution >= 4 is 11.6 Å². The van der Waals surface area contributed by atoms with E-state index in [1.807, 2.05) is 32.0 Å². The van der Waals surface area contributed by atoms with Gasteiger partial charge in [-0.05, 0) is 38.3 Å². The van der Waals surface area contributed by atoms with Crippen molar-refractivity contribution in [2.75, 3.05) is 25.6 Å². The number of carbonyl (C=O) groups is 1. The van der Waals surface area contributed by atoms with Gasteiger partial charge in [0.2, 0.25) is 5.91 Å². The van der Waals surface area contributed by atoms with Crippen molar-refractivity contribution < 1.29 is 9.53 Å². The number of nitrogens with one attached hydrogen (secondary N) is 2. The molecule has 0 aliphatic carbocycles. The molecule has 2 N–H and O–H groups in total. The van der Waals surface area contributed by atoms with Crippen molar-refractivity contribution in [1.82, 2.24) is 5.32 Å². The zero-order valence-corrected chi connectivity index (χ0v) is 13.0. The van der Waals surface area contributed by atoms with E-state index in [1.54, 1.807) is 7.11 Å². The molecule has 0 aliphatic heterocycles. The number of rotatable bonds is 8. The van der Waals surface area contributed by atoms with E-state index in [2.05, 4.69) is 23.6 Å². The van der Waals surface area contributed by atoms with Gasteiger partial charge >= 0.3 is 0 Å². The summed E-state index contributed by atoms with van der Waals surface area (Å²) in [5, 5.41) is 6.21. The number of ether oxygens (including phenoxy) is 1. The zero-order valence-electron chi connectivity index (χ0n) is 13.0. The molecule has 0 radical (unpaired) electrons. The Bertz CT molecular complexity index is 430. The maximum absolute atomic E-state index is 11.9. The van der Waals surface area contributed by atoms with Gasteiger partial charge in [-0.25, -0.2) is 0 Å². The van der Waals surface area contributed by atoms with Crippen molar-refractivity contribution in [3.8, 4) is 0 Å². The Morgan fingerprint density at radius 3 is 2.65 bits per heavy atom. The summed E-state index contributed by atoms with van der Waals surface area (Å²) >= 11 is 0. The number of anilines is 1. The monoisotopic (exact) mass is 278 g/mol. The molecule has 0 saturated carbocycles. The first kappa shape index (κ1) is 16.5. The van der Waals surface area contributed by atoms with E-state index in [1.165, 1.54) is 0 Å². The zero-order chi connectivity index (χ0) is 15.0. The third-order valence-electron chi connectivity index (χ3n) is 3.39. The van der Waals surface area contributed by atoms with Crippen molar-refractivity contribution in [3.05, 3.63) is 29.8 Å². The van der Waals surface area contributed by atoms with Gasteiger partial charge in [0, 0.05) is 18.3 Å². The lowest BCUT2D eigenvalue weighted by molar-refractivity contribution is -0.121. The summed E-state index contributed by atoms with van der Waals surface area (Å²) < 4.78 is 5.10. The molecular weight excluding hydrogens is 252 g/mol. The molecule has 1 aromatic rings. The molecule has 0 aromatic heterocycles. The summed E-state index contributed by atoms with van der Waals surface area (Å²) in [6.45, 7) is 7.07. The van der Waals surface area contributed by atoms with Crippen LogP contribution in [0, 0.1) is 0 Å². The number of para-hydroxylation sites is 1. The Balaban J connectivity index is 2.55. The van der Waals surface area contributed by atoms with Crippen LogP contribution in [0.25, 0.3) is 0 Å². The van der Waals surface area contributed by atoms with E-state index < -0.39 is 0 Å². The van der Waals surface area contributed by atoms with Gasteiger partial charge in [-0.15, -0.1) is 0 Å². The topological polar surface area (TPSA) is 50.4 Å². The minimum absolute atomic E-state index is 0.0124. The van der Waals surface area contributed by atoms with Gasteiger partial charge in [-0.3, -0.25) is 4.79 Å². The molecule has 1 aromatic carbocycles. The molecule has 4 heteroatoms. The van der Waals surface area contributed by atoms with Crippen molar-refractivity contribution in [1.29, 1.82) is 0 Å². The first-order chi connectivity index (χ1) is 9.48. The quantitative estimate of drug-likeness (QED) is 0.768. The molecule has 20 heavy (non-hydrogen) atoms. The molecule has 0 unspecified atom stereocenters. The molecule has 0 spiro atoms. The maximum atomic E-state index is 11.9. The van der Waals surface area contributed by atoms with Crippen LogP contribution in [0.2, 0.25) is 0 Å². The number of hydrogen-bond acceptors (Lipinski definition) is 3. The van der Waals surface area contributed by atoms with Crippen molar-refractivity contribution in [3.63, 3.8) is 0 Å². The van der Waals surface area contributed by atoms with Gasteiger partial charge in [0.25, 0.3) is 0 Å². The smallest absolute Gasteiger partial charge is 0.239 e. The molecule has 0 saturated heterocycles. The number of hydrogen-bond donors (Lipinski definition) is 2. The fraction of sp³-hybridized carbons (Fsp3) is 0.562. The molecule has 0 fully saturated rings. The number of carbonyl (C=O) groups excluding carboxylic acids is 1. The van der Waals surface area contributed by atoms with Crippen LogP contribution in [-0.2, 0) is 16.0 Å². The second-order valence-corrected chi connectivity index (χ2v) is 5.54. The van der Waals surface area contributed by atoms with E-state index in [0.717, 1.165) is 24.1 Å². The predicted octanol–water partition coefficient (Wildman–Crippen LogP) is 2.59. The Morgan fingerprint density at radius 2 is 2.00 bits per heavy atom. The van der Waals surface area contributed by atoms with Gasteiger partial charge in [0.1, 0.15) is 0 Å². The van der Waals surface area contributed by atoms with Gasteiger partial charge < -0.3 is 15.4 Å². The maximum Gasteiger partial charge on any atom is 0.239 e. The summed E-state index contributed by atoms with van der Waals surface area (Å²) in [7, 11) is 1.69. The van der Waals surface area contributed by atoms with E-state index >= 15 is 0 Å². The second-order valence-electron chi connectivity index (χ2n) is 5.54.